The number of carbonyl (C=O) groups is 3. The van der Waals surface area contributed by atoms with E-state index in [9.17, 15) is 14.4 Å². The average molecular weight is 532 g/mol. The molecule has 0 spiro atoms. The minimum atomic E-state index is -0.0746. The van der Waals surface area contributed by atoms with Gasteiger partial charge in [0.1, 0.15) is 5.78 Å². The fourth-order valence-electron chi connectivity index (χ4n) is 9.26. The molecule has 0 aromatic rings. The molecule has 1 radical (unpaired) electrons. The molecule has 36 heavy (non-hydrogen) atoms. The van der Waals surface area contributed by atoms with E-state index in [2.05, 4.69) is 27.7 Å². The molecule has 0 aromatic carbocycles. The zero-order chi connectivity index (χ0) is 24.4. The van der Waals surface area contributed by atoms with Crippen molar-refractivity contribution >= 4 is 17.3 Å². The molecule has 4 heteroatoms. The van der Waals surface area contributed by atoms with Crippen molar-refractivity contribution < 1.29 is 32.9 Å². The van der Waals surface area contributed by atoms with Crippen molar-refractivity contribution in [2.24, 2.45) is 40.4 Å². The Labute approximate surface area is 231 Å². The summed E-state index contributed by atoms with van der Waals surface area (Å²) in [5, 5.41) is 0. The molecule has 0 aliphatic heterocycles. The second kappa shape index (κ2) is 10.7. The standard InChI is InChI=1S/C16H24O.C15H20O2.CH4.V/c1-10-4-6-14-13-5-7-15(17)11(2)12(13)8-9-16(10,14)3;1-9-10-7-8-15(2)12(4-6-14(15)17)11(10)3-5-13(9)16;;/h10,13-14H,4-9H2,1-3H3;11-12H,3-8H2,1-2H3;1H4;/t10-,13+,14?,16+;11-,12?,15+;;/m01../s1. The summed E-state index contributed by atoms with van der Waals surface area (Å²) >= 11 is 0. The Kier molecular flexibility index (Phi) is 8.79. The Hall–Kier alpha value is -0.926. The first-order chi connectivity index (χ1) is 16.1. The Bertz CT molecular complexity index is 989. The third-order valence-corrected chi connectivity index (χ3v) is 11.9. The number of hydrogen-bond donors (Lipinski definition) is 0. The van der Waals surface area contributed by atoms with Crippen molar-refractivity contribution in [2.75, 3.05) is 0 Å². The topological polar surface area (TPSA) is 51.2 Å². The quantitative estimate of drug-likeness (QED) is 0.320. The van der Waals surface area contributed by atoms with Crippen molar-refractivity contribution in [3.05, 3.63) is 22.3 Å². The summed E-state index contributed by atoms with van der Waals surface area (Å²) in [4.78, 5) is 35.7. The van der Waals surface area contributed by atoms with Gasteiger partial charge in [-0.1, -0.05) is 39.3 Å². The van der Waals surface area contributed by atoms with Crippen molar-refractivity contribution in [3.63, 3.8) is 0 Å². The number of ketones is 3. The molecular formula is C32H48O3V. The van der Waals surface area contributed by atoms with Crippen LogP contribution in [0, 0.1) is 40.4 Å². The Morgan fingerprint density at radius 3 is 1.78 bits per heavy atom. The predicted molar refractivity (Wildman–Crippen MR) is 142 cm³/mol. The van der Waals surface area contributed by atoms with E-state index in [1.807, 2.05) is 6.92 Å². The van der Waals surface area contributed by atoms with E-state index in [0.717, 1.165) is 73.8 Å². The molecule has 6 rings (SSSR count). The fraction of sp³-hybridized carbons (Fsp3) is 0.781. The minimum Gasteiger partial charge on any atom is -0.299 e. The number of fused-ring (bicyclic) bond motifs is 6. The van der Waals surface area contributed by atoms with Gasteiger partial charge in [0.2, 0.25) is 0 Å². The predicted octanol–water partition coefficient (Wildman–Crippen LogP) is 7.82. The molecule has 199 valence electrons. The van der Waals surface area contributed by atoms with Gasteiger partial charge >= 0.3 is 0 Å². The van der Waals surface area contributed by atoms with Crippen LogP contribution in [0.5, 0.6) is 0 Å². The van der Waals surface area contributed by atoms with Gasteiger partial charge in [-0.2, -0.15) is 0 Å². The van der Waals surface area contributed by atoms with Gasteiger partial charge in [-0.15, -0.1) is 0 Å². The van der Waals surface area contributed by atoms with E-state index in [4.69, 9.17) is 0 Å². The molecule has 4 saturated carbocycles. The van der Waals surface area contributed by atoms with Gasteiger partial charge < -0.3 is 0 Å². The molecule has 0 saturated heterocycles. The van der Waals surface area contributed by atoms with Crippen LogP contribution in [0.25, 0.3) is 0 Å². The second-order valence-electron chi connectivity index (χ2n) is 13.0. The molecule has 0 amide bonds. The van der Waals surface area contributed by atoms with Crippen LogP contribution >= 0.6 is 0 Å². The number of Topliss-reactive ketones (excluding diaryl/α,β-unsaturated/α-hetero) is 3. The van der Waals surface area contributed by atoms with Gasteiger partial charge in [0.25, 0.3) is 0 Å². The molecule has 0 bridgehead atoms. The molecular weight excluding hydrogens is 483 g/mol. The molecule has 6 aliphatic rings. The van der Waals surface area contributed by atoms with E-state index in [0.29, 0.717) is 41.0 Å². The molecule has 3 nitrogen and oxygen atoms in total. The molecule has 0 heterocycles. The Morgan fingerprint density at radius 2 is 1.19 bits per heavy atom. The van der Waals surface area contributed by atoms with Crippen molar-refractivity contribution in [3.8, 4) is 0 Å². The van der Waals surface area contributed by atoms with E-state index in [1.165, 1.54) is 36.8 Å². The number of hydrogen-bond acceptors (Lipinski definition) is 3. The average Bonchev–Trinajstić information content (AvgIpc) is 3.29. The first-order valence-corrected chi connectivity index (χ1v) is 14.1. The fourth-order valence-corrected chi connectivity index (χ4v) is 9.26. The van der Waals surface area contributed by atoms with Gasteiger partial charge in [0.15, 0.2) is 11.6 Å². The van der Waals surface area contributed by atoms with E-state index < -0.39 is 0 Å². The summed E-state index contributed by atoms with van der Waals surface area (Å²) in [5.41, 5.74) is 5.56. The summed E-state index contributed by atoms with van der Waals surface area (Å²) in [5.74, 6) is 4.76. The zero-order valence-corrected chi connectivity index (χ0v) is 23.9. The summed E-state index contributed by atoms with van der Waals surface area (Å²) < 4.78 is 0. The minimum absolute atomic E-state index is 0. The maximum atomic E-state index is 12.1. The normalized spacial score (nSPS) is 41.2. The third kappa shape index (κ3) is 4.49. The van der Waals surface area contributed by atoms with Crippen LogP contribution in [0.15, 0.2) is 22.3 Å². The van der Waals surface area contributed by atoms with Crippen LogP contribution in [-0.4, -0.2) is 17.3 Å². The Balaban J connectivity index is 0.000000190. The molecule has 6 aliphatic carbocycles. The van der Waals surface area contributed by atoms with Gasteiger partial charge in [-0.05, 0) is 118 Å². The van der Waals surface area contributed by atoms with Crippen LogP contribution in [-0.2, 0) is 32.9 Å². The molecule has 2 unspecified atom stereocenters. The SMILES string of the molecule is C.CC1=C2CC[C@@]3(C)C(CC[C@@H]3C)[C@@H]2CCC1=O.CC1=C2CC[C@]3(C)C(=O)CCC3[C@@H]2CCC1=O.[V]. The summed E-state index contributed by atoms with van der Waals surface area (Å²) in [6.45, 7) is 11.2. The largest absolute Gasteiger partial charge is 0.299 e. The molecule has 0 aromatic heterocycles. The van der Waals surface area contributed by atoms with Crippen LogP contribution in [0.1, 0.15) is 119 Å². The molecule has 4 fully saturated rings. The number of allylic oxidation sites excluding steroid dienone is 4. The zero-order valence-electron chi connectivity index (χ0n) is 22.5. The second-order valence-corrected chi connectivity index (χ2v) is 13.0. The number of carbonyl (C=O) groups excluding carboxylic acids is 3. The van der Waals surface area contributed by atoms with Crippen LogP contribution in [0.4, 0.5) is 0 Å². The van der Waals surface area contributed by atoms with Crippen molar-refractivity contribution in [1.29, 1.82) is 0 Å². The third-order valence-electron chi connectivity index (χ3n) is 11.9. The summed E-state index contributed by atoms with van der Waals surface area (Å²) in [7, 11) is 0. The van der Waals surface area contributed by atoms with Crippen LogP contribution < -0.4 is 0 Å². The Morgan fingerprint density at radius 1 is 0.667 bits per heavy atom. The van der Waals surface area contributed by atoms with Crippen LogP contribution in [0.2, 0.25) is 0 Å². The molecule has 0 N–H and O–H groups in total. The summed E-state index contributed by atoms with van der Waals surface area (Å²) in [6, 6.07) is 0. The summed E-state index contributed by atoms with van der Waals surface area (Å²) in [6.07, 6.45) is 12.7. The smallest absolute Gasteiger partial charge is 0.158 e. The van der Waals surface area contributed by atoms with Crippen LogP contribution in [0.3, 0.4) is 0 Å². The maximum Gasteiger partial charge on any atom is 0.158 e. The molecule has 7 atom stereocenters. The van der Waals surface area contributed by atoms with Gasteiger partial charge in [-0.25, -0.2) is 0 Å². The van der Waals surface area contributed by atoms with E-state index in [1.54, 1.807) is 0 Å². The van der Waals surface area contributed by atoms with E-state index >= 15 is 0 Å². The van der Waals surface area contributed by atoms with Crippen molar-refractivity contribution in [1.82, 2.24) is 0 Å². The van der Waals surface area contributed by atoms with Crippen molar-refractivity contribution in [2.45, 2.75) is 119 Å². The number of rotatable bonds is 0. The van der Waals surface area contributed by atoms with Gasteiger partial charge in [-0.3, -0.25) is 14.4 Å². The van der Waals surface area contributed by atoms with Gasteiger partial charge in [0.05, 0.1) is 0 Å². The first-order valence-electron chi connectivity index (χ1n) is 14.1. The maximum absolute atomic E-state index is 12.1. The van der Waals surface area contributed by atoms with Gasteiger partial charge in [0, 0.05) is 43.2 Å². The monoisotopic (exact) mass is 531 g/mol. The van der Waals surface area contributed by atoms with E-state index in [-0.39, 0.29) is 31.4 Å². The first kappa shape index (κ1) is 29.6.